The van der Waals surface area contributed by atoms with Crippen LogP contribution < -0.4 is 19.6 Å². The largest absolute Gasteiger partial charge is 0.507 e. The second-order valence-electron chi connectivity index (χ2n) is 7.89. The zero-order valence-electron chi connectivity index (χ0n) is 19.6. The van der Waals surface area contributed by atoms with Gasteiger partial charge in [0.1, 0.15) is 17.5 Å². The first-order valence-corrected chi connectivity index (χ1v) is 12.9. The number of benzene rings is 2. The van der Waals surface area contributed by atoms with E-state index >= 15 is 0 Å². The number of halogens is 1. The minimum atomic E-state index is -0.767. The molecule has 9 heteroatoms. The first-order valence-electron chi connectivity index (χ1n) is 11.3. The van der Waals surface area contributed by atoms with E-state index in [0.29, 0.717) is 44.1 Å². The van der Waals surface area contributed by atoms with Gasteiger partial charge in [0, 0.05) is 15.6 Å². The van der Waals surface area contributed by atoms with Gasteiger partial charge in [0.2, 0.25) is 0 Å². The topological polar surface area (TPSA) is 90.1 Å². The lowest BCUT2D eigenvalue weighted by Crippen LogP contribution is -2.40. The van der Waals surface area contributed by atoms with E-state index in [2.05, 4.69) is 20.9 Å². The van der Waals surface area contributed by atoms with Crippen LogP contribution in [0, 0.1) is 0 Å². The molecule has 0 saturated heterocycles. The molecule has 1 atom stereocenters. The highest BCUT2D eigenvalue weighted by Gasteiger charge is 2.35. The molecule has 0 aliphatic carbocycles. The Morgan fingerprint density at radius 2 is 2.03 bits per heavy atom. The van der Waals surface area contributed by atoms with Crippen LogP contribution in [-0.4, -0.2) is 28.9 Å². The van der Waals surface area contributed by atoms with Crippen molar-refractivity contribution in [1.82, 2.24) is 4.57 Å². The van der Waals surface area contributed by atoms with Crippen molar-refractivity contribution in [2.75, 3.05) is 13.2 Å². The standard InChI is InChI=1S/C26H25BrN2O5S/c1-4-12-34-20-9-7-6-8-18(20)23-22(25(32)33-5-2)15(3)28-26-29(23)24(31)21(35-26)14-16-13-17(27)10-11-19(16)30/h6-11,13-14,23,30H,4-5,12H2,1-3H3/b21-14+. The van der Waals surface area contributed by atoms with Crippen LogP contribution in [0.1, 0.15) is 44.4 Å². The summed E-state index contributed by atoms with van der Waals surface area (Å²) in [4.78, 5) is 31.9. The first kappa shape index (κ1) is 24.9. The van der Waals surface area contributed by atoms with Gasteiger partial charge >= 0.3 is 5.97 Å². The predicted molar refractivity (Wildman–Crippen MR) is 138 cm³/mol. The van der Waals surface area contributed by atoms with E-state index in [4.69, 9.17) is 9.47 Å². The summed E-state index contributed by atoms with van der Waals surface area (Å²) in [7, 11) is 0. The second-order valence-corrected chi connectivity index (χ2v) is 9.82. The summed E-state index contributed by atoms with van der Waals surface area (Å²) in [6.45, 7) is 6.19. The molecule has 2 aromatic carbocycles. The zero-order valence-corrected chi connectivity index (χ0v) is 22.0. The summed E-state index contributed by atoms with van der Waals surface area (Å²) < 4.78 is 14.0. The predicted octanol–water partition coefficient (Wildman–Crippen LogP) is 4.06. The van der Waals surface area contributed by atoms with E-state index < -0.39 is 12.0 Å². The number of rotatable bonds is 7. The molecule has 4 rings (SSSR count). The number of phenols is 1. The van der Waals surface area contributed by atoms with Crippen LogP contribution in [0.25, 0.3) is 6.08 Å². The molecule has 0 bridgehead atoms. The fraction of sp³-hybridized carbons (Fsp3) is 0.269. The van der Waals surface area contributed by atoms with Crippen molar-refractivity contribution in [3.8, 4) is 11.5 Å². The fourth-order valence-electron chi connectivity index (χ4n) is 3.92. The Morgan fingerprint density at radius 1 is 1.26 bits per heavy atom. The third kappa shape index (κ3) is 4.97. The SMILES string of the molecule is CCCOc1ccccc1C1C(C(=O)OCC)=C(C)N=c2s/c(=C/c3cc(Br)ccc3O)c(=O)n21. The van der Waals surface area contributed by atoms with Gasteiger partial charge in [0.05, 0.1) is 29.0 Å². The van der Waals surface area contributed by atoms with E-state index in [1.165, 1.54) is 15.9 Å². The molecule has 35 heavy (non-hydrogen) atoms. The van der Waals surface area contributed by atoms with E-state index in [0.717, 1.165) is 10.9 Å². The van der Waals surface area contributed by atoms with Crippen LogP contribution in [0.4, 0.5) is 0 Å². The molecule has 7 nitrogen and oxygen atoms in total. The van der Waals surface area contributed by atoms with Crippen molar-refractivity contribution in [1.29, 1.82) is 0 Å². The minimum absolute atomic E-state index is 0.0530. The zero-order chi connectivity index (χ0) is 25.1. The van der Waals surface area contributed by atoms with Crippen molar-refractivity contribution in [2.45, 2.75) is 33.2 Å². The Morgan fingerprint density at radius 3 is 2.77 bits per heavy atom. The van der Waals surface area contributed by atoms with E-state index in [-0.39, 0.29) is 17.9 Å². The summed E-state index contributed by atoms with van der Waals surface area (Å²) in [5, 5.41) is 10.3. The van der Waals surface area contributed by atoms with Gasteiger partial charge in [-0.2, -0.15) is 0 Å². The number of nitrogens with zero attached hydrogens (tertiary/aromatic N) is 2. The normalized spacial score (nSPS) is 15.5. The number of phenolic OH excluding ortho intramolecular Hbond substituents is 1. The van der Waals surface area contributed by atoms with Crippen LogP contribution in [-0.2, 0) is 9.53 Å². The number of para-hydroxylation sites is 1. The van der Waals surface area contributed by atoms with Crippen LogP contribution >= 0.6 is 27.3 Å². The Bertz CT molecular complexity index is 1490. The molecular formula is C26H25BrN2O5S. The first-order chi connectivity index (χ1) is 16.8. The van der Waals surface area contributed by atoms with Crippen LogP contribution in [0.2, 0.25) is 0 Å². The monoisotopic (exact) mass is 556 g/mol. The van der Waals surface area contributed by atoms with Gasteiger partial charge in [-0.1, -0.05) is 52.4 Å². The molecule has 2 heterocycles. The van der Waals surface area contributed by atoms with E-state index in [1.54, 1.807) is 38.1 Å². The van der Waals surface area contributed by atoms with Crippen molar-refractivity contribution in [3.05, 3.63) is 89.0 Å². The van der Waals surface area contributed by atoms with E-state index in [9.17, 15) is 14.7 Å². The molecule has 1 aliphatic rings. The average molecular weight is 557 g/mol. The van der Waals surface area contributed by atoms with Gasteiger partial charge in [-0.25, -0.2) is 9.79 Å². The summed E-state index contributed by atoms with van der Waals surface area (Å²) in [6, 6.07) is 11.6. The number of esters is 1. The third-order valence-corrected chi connectivity index (χ3v) is 6.94. The third-order valence-electron chi connectivity index (χ3n) is 5.47. The molecular weight excluding hydrogens is 532 g/mol. The Hall–Kier alpha value is -3.17. The smallest absolute Gasteiger partial charge is 0.338 e. The molecule has 0 radical (unpaired) electrons. The molecule has 1 N–H and O–H groups in total. The number of hydrogen-bond acceptors (Lipinski definition) is 7. The van der Waals surface area contributed by atoms with Crippen molar-refractivity contribution in [3.63, 3.8) is 0 Å². The molecule has 182 valence electrons. The number of carbonyl (C=O) groups is 1. The molecule has 1 aliphatic heterocycles. The van der Waals surface area contributed by atoms with Gasteiger partial charge in [-0.3, -0.25) is 9.36 Å². The second kappa shape index (κ2) is 10.6. The molecule has 1 aromatic heterocycles. The van der Waals surface area contributed by atoms with Crippen LogP contribution in [0.3, 0.4) is 0 Å². The summed E-state index contributed by atoms with van der Waals surface area (Å²) >= 11 is 4.60. The van der Waals surface area contributed by atoms with E-state index in [1.807, 2.05) is 31.2 Å². The summed E-state index contributed by atoms with van der Waals surface area (Å²) in [6.07, 6.45) is 2.44. The van der Waals surface area contributed by atoms with Gasteiger partial charge in [-0.15, -0.1) is 0 Å². The Balaban J connectivity index is 1.98. The maximum absolute atomic E-state index is 13.7. The number of hydrogen-bond donors (Lipinski definition) is 1. The quantitative estimate of drug-likeness (QED) is 0.443. The number of fused-ring (bicyclic) bond motifs is 1. The van der Waals surface area contributed by atoms with Gasteiger partial charge in [0.15, 0.2) is 4.80 Å². The summed E-state index contributed by atoms with van der Waals surface area (Å²) in [5.41, 5.74) is 1.63. The maximum atomic E-state index is 13.7. The highest BCUT2D eigenvalue weighted by atomic mass is 79.9. The number of aromatic hydroxyl groups is 1. The average Bonchev–Trinajstić information content (AvgIpc) is 3.14. The maximum Gasteiger partial charge on any atom is 0.338 e. The van der Waals surface area contributed by atoms with Gasteiger partial charge in [0.25, 0.3) is 5.56 Å². The van der Waals surface area contributed by atoms with Crippen LogP contribution in [0.15, 0.2) is 68.0 Å². The van der Waals surface area contributed by atoms with Gasteiger partial charge < -0.3 is 14.6 Å². The lowest BCUT2D eigenvalue weighted by atomic mass is 9.95. The van der Waals surface area contributed by atoms with Crippen LogP contribution in [0.5, 0.6) is 11.5 Å². The number of ether oxygens (including phenoxy) is 2. The molecule has 0 spiro atoms. The molecule has 0 saturated carbocycles. The number of allylic oxidation sites excluding steroid dienone is 1. The van der Waals surface area contributed by atoms with Crippen molar-refractivity contribution in [2.24, 2.45) is 4.99 Å². The minimum Gasteiger partial charge on any atom is -0.507 e. The lowest BCUT2D eigenvalue weighted by molar-refractivity contribution is -0.139. The number of aromatic nitrogens is 1. The number of thiazole rings is 1. The number of carbonyl (C=O) groups excluding carboxylic acids is 1. The highest BCUT2D eigenvalue weighted by Crippen LogP contribution is 2.36. The fourth-order valence-corrected chi connectivity index (χ4v) is 5.33. The molecule has 0 fully saturated rings. The molecule has 1 unspecified atom stereocenters. The Labute approximate surface area is 214 Å². The summed E-state index contributed by atoms with van der Waals surface area (Å²) in [5.74, 6) is 0.121. The molecule has 3 aromatic rings. The Kier molecular flexibility index (Phi) is 7.57. The lowest BCUT2D eigenvalue weighted by Gasteiger charge is -2.26. The van der Waals surface area contributed by atoms with Crippen molar-refractivity contribution < 1.29 is 19.4 Å². The van der Waals surface area contributed by atoms with Gasteiger partial charge in [-0.05, 0) is 50.6 Å². The molecule has 0 amide bonds. The highest BCUT2D eigenvalue weighted by molar-refractivity contribution is 9.10. The van der Waals surface area contributed by atoms with Crippen molar-refractivity contribution >= 4 is 39.3 Å².